The summed E-state index contributed by atoms with van der Waals surface area (Å²) in [7, 11) is 2.73. The number of rotatable bonds is 7. The lowest BCUT2D eigenvalue weighted by Gasteiger charge is -2.14. The van der Waals surface area contributed by atoms with Crippen LogP contribution in [0.3, 0.4) is 0 Å². The first-order valence-corrected chi connectivity index (χ1v) is 17.4. The van der Waals surface area contributed by atoms with Crippen molar-refractivity contribution in [2.24, 2.45) is 0 Å². The number of fused-ring (bicyclic) bond motifs is 2. The van der Waals surface area contributed by atoms with Gasteiger partial charge in [-0.2, -0.15) is 10.2 Å². The van der Waals surface area contributed by atoms with Crippen molar-refractivity contribution in [1.29, 1.82) is 0 Å². The highest BCUT2D eigenvalue weighted by atomic mass is 79.9. The number of halogens is 3. The van der Waals surface area contributed by atoms with E-state index in [0.717, 1.165) is 67.3 Å². The second-order valence-electron chi connectivity index (χ2n) is 11.3. The third kappa shape index (κ3) is 7.91. The number of esters is 2. The summed E-state index contributed by atoms with van der Waals surface area (Å²) in [5.74, 6) is -0.508. The molecule has 0 spiro atoms. The van der Waals surface area contributed by atoms with E-state index in [9.17, 15) is 9.59 Å². The molecule has 0 amide bonds. The third-order valence-corrected chi connectivity index (χ3v) is 9.41. The molecule has 12 heteroatoms. The minimum atomic E-state index is -0.467. The molecule has 9 nitrogen and oxygen atoms in total. The van der Waals surface area contributed by atoms with Gasteiger partial charge < -0.3 is 9.47 Å². The van der Waals surface area contributed by atoms with Crippen LogP contribution in [0.1, 0.15) is 52.4 Å². The van der Waals surface area contributed by atoms with Crippen molar-refractivity contribution in [1.82, 2.24) is 24.5 Å². The van der Waals surface area contributed by atoms with E-state index in [1.165, 1.54) is 32.6 Å². The predicted octanol–water partition coefficient (Wildman–Crippen LogP) is 9.12. The number of aromatic nitrogens is 4. The zero-order chi connectivity index (χ0) is 33.8. The van der Waals surface area contributed by atoms with Crippen molar-refractivity contribution in [2.75, 3.05) is 27.3 Å². The molecule has 3 heterocycles. The molecular formula is C37H36Br2ClN5O4. The van der Waals surface area contributed by atoms with Crippen LogP contribution in [0.5, 0.6) is 0 Å². The summed E-state index contributed by atoms with van der Waals surface area (Å²) in [6.07, 6.45) is 2.52. The third-order valence-electron chi connectivity index (χ3n) is 8.11. The molecule has 49 heavy (non-hydrogen) atoms. The molecule has 0 atom stereocenters. The van der Waals surface area contributed by atoms with Gasteiger partial charge in [0, 0.05) is 32.1 Å². The first-order chi connectivity index (χ1) is 23.3. The van der Waals surface area contributed by atoms with Gasteiger partial charge in [0.15, 0.2) is 11.4 Å². The van der Waals surface area contributed by atoms with Crippen molar-refractivity contribution < 1.29 is 19.1 Å². The highest BCUT2D eigenvalue weighted by Gasteiger charge is 2.21. The zero-order valence-electron chi connectivity index (χ0n) is 26.3. The lowest BCUT2D eigenvalue weighted by Crippen LogP contribution is -2.18. The Kier molecular flexibility index (Phi) is 11.9. The van der Waals surface area contributed by atoms with Gasteiger partial charge in [-0.3, -0.25) is 4.90 Å². The molecule has 0 saturated carbocycles. The molecule has 2 aromatic heterocycles. The summed E-state index contributed by atoms with van der Waals surface area (Å²) < 4.78 is 15.2. The molecule has 1 aliphatic heterocycles. The van der Waals surface area contributed by atoms with Gasteiger partial charge in [-0.1, -0.05) is 63.6 Å². The molecular weight excluding hydrogens is 774 g/mol. The predicted molar refractivity (Wildman–Crippen MR) is 201 cm³/mol. The van der Waals surface area contributed by atoms with Gasteiger partial charge in [0.25, 0.3) is 0 Å². The van der Waals surface area contributed by atoms with Crippen LogP contribution in [0.4, 0.5) is 0 Å². The lowest BCUT2D eigenvalue weighted by molar-refractivity contribution is 0.0587. The molecule has 0 radical (unpaired) electrons. The molecule has 4 aromatic carbocycles. The topological polar surface area (TPSA) is 91.5 Å². The van der Waals surface area contributed by atoms with E-state index in [0.29, 0.717) is 11.6 Å². The molecule has 7 rings (SSSR count). The van der Waals surface area contributed by atoms with E-state index in [1.54, 1.807) is 9.36 Å². The summed E-state index contributed by atoms with van der Waals surface area (Å²) >= 11 is 12.8. The van der Waals surface area contributed by atoms with Crippen LogP contribution in [0.15, 0.2) is 93.9 Å². The Labute approximate surface area is 307 Å². The second-order valence-corrected chi connectivity index (χ2v) is 13.4. The van der Waals surface area contributed by atoms with Gasteiger partial charge in [-0.15, -0.1) is 11.6 Å². The molecule has 0 bridgehead atoms. The molecule has 6 aromatic rings. The van der Waals surface area contributed by atoms with E-state index >= 15 is 0 Å². The number of alkyl halides is 1. The van der Waals surface area contributed by atoms with E-state index in [2.05, 4.69) is 59.1 Å². The summed E-state index contributed by atoms with van der Waals surface area (Å²) in [6, 6.07) is 27.5. The van der Waals surface area contributed by atoms with Gasteiger partial charge in [0.2, 0.25) is 0 Å². The summed E-state index contributed by atoms with van der Waals surface area (Å²) in [4.78, 5) is 26.7. The number of hydrogen-bond acceptors (Lipinski definition) is 7. The number of hydrogen-bond donors (Lipinski definition) is 0. The average Bonchev–Trinajstić information content (AvgIpc) is 3.85. The van der Waals surface area contributed by atoms with Crippen LogP contribution in [0, 0.1) is 0 Å². The van der Waals surface area contributed by atoms with E-state index in [-0.39, 0.29) is 13.1 Å². The molecule has 0 unspecified atom stereocenters. The van der Waals surface area contributed by atoms with Crippen LogP contribution >= 0.6 is 43.5 Å². The van der Waals surface area contributed by atoms with E-state index < -0.39 is 11.9 Å². The smallest absolute Gasteiger partial charge is 0.359 e. The number of benzene rings is 4. The highest BCUT2D eigenvalue weighted by Crippen LogP contribution is 2.28. The van der Waals surface area contributed by atoms with E-state index in [1.807, 2.05) is 72.8 Å². The molecule has 1 saturated heterocycles. The highest BCUT2D eigenvalue weighted by molar-refractivity contribution is 9.10. The SMILES string of the molecule is C.COC(=O)c1nn(-c2cccc(Br)c2)c2ccc(CCl)cc12.COC(=O)c1nn(-c2cccc(Br)c2)c2ccc(CN3CCCC3)cc12. The Morgan fingerprint density at radius 3 is 1.63 bits per heavy atom. The lowest BCUT2D eigenvalue weighted by atomic mass is 10.1. The largest absolute Gasteiger partial charge is 0.464 e. The number of carbonyl (C=O) groups excluding carboxylic acids is 2. The van der Waals surface area contributed by atoms with Crippen molar-refractivity contribution in [3.05, 3.63) is 116 Å². The fraction of sp³-hybridized carbons (Fsp3) is 0.243. The van der Waals surface area contributed by atoms with Crippen LogP contribution in [0.25, 0.3) is 33.2 Å². The first kappa shape index (κ1) is 36.3. The monoisotopic (exact) mass is 807 g/mol. The molecule has 254 valence electrons. The van der Waals surface area contributed by atoms with Gasteiger partial charge in [-0.05, 0) is 97.7 Å². The molecule has 1 fully saturated rings. The maximum atomic E-state index is 12.3. The normalized spacial score (nSPS) is 12.8. The summed E-state index contributed by atoms with van der Waals surface area (Å²) in [5.41, 5.74) is 6.22. The minimum absolute atomic E-state index is 0. The summed E-state index contributed by atoms with van der Waals surface area (Å²) in [5, 5.41) is 10.5. The standard InChI is InChI=1S/C20H20BrN3O2.C16H12BrClN2O2.CH4/c1-26-20(25)19-17-11-14(13-23-9-2-3-10-23)7-8-18(17)24(22-19)16-6-4-5-15(21)12-16;1-22-16(21)15-13-7-10(9-18)5-6-14(13)20(19-15)12-4-2-3-11(17)8-12;/h4-8,11-12H,2-3,9-10,13H2,1H3;2-8H,9H2,1H3;1H4. The first-order valence-electron chi connectivity index (χ1n) is 15.3. The Morgan fingerprint density at radius 2 is 1.18 bits per heavy atom. The van der Waals surface area contributed by atoms with Crippen molar-refractivity contribution >= 4 is 77.2 Å². The van der Waals surface area contributed by atoms with Gasteiger partial charge in [0.1, 0.15) is 0 Å². The fourth-order valence-electron chi connectivity index (χ4n) is 5.82. The minimum Gasteiger partial charge on any atom is -0.464 e. The maximum absolute atomic E-state index is 12.3. The molecule has 1 aliphatic rings. The summed E-state index contributed by atoms with van der Waals surface area (Å²) in [6.45, 7) is 3.18. The average molecular weight is 810 g/mol. The van der Waals surface area contributed by atoms with Crippen LogP contribution in [-0.4, -0.2) is 63.7 Å². The Balaban J connectivity index is 0.000000190. The zero-order valence-corrected chi connectivity index (χ0v) is 30.3. The van der Waals surface area contributed by atoms with Crippen LogP contribution < -0.4 is 0 Å². The van der Waals surface area contributed by atoms with Gasteiger partial charge in [-0.25, -0.2) is 19.0 Å². The number of nitrogens with zero attached hydrogens (tertiary/aromatic N) is 5. The Morgan fingerprint density at radius 1 is 0.714 bits per heavy atom. The van der Waals surface area contributed by atoms with Gasteiger partial charge >= 0.3 is 11.9 Å². The fourth-order valence-corrected chi connectivity index (χ4v) is 6.76. The van der Waals surface area contributed by atoms with Crippen LogP contribution in [0.2, 0.25) is 0 Å². The maximum Gasteiger partial charge on any atom is 0.359 e. The second kappa shape index (κ2) is 16.1. The van der Waals surface area contributed by atoms with Crippen molar-refractivity contribution in [3.8, 4) is 11.4 Å². The van der Waals surface area contributed by atoms with Gasteiger partial charge in [0.05, 0.1) is 36.6 Å². The van der Waals surface area contributed by atoms with Crippen molar-refractivity contribution in [3.63, 3.8) is 0 Å². The Bertz CT molecular complexity index is 2120. The molecule has 0 aliphatic carbocycles. The number of ether oxygens (including phenoxy) is 2. The number of methoxy groups -OCH3 is 2. The Hall–Kier alpha value is -4.03. The van der Waals surface area contributed by atoms with E-state index in [4.69, 9.17) is 21.1 Å². The number of likely N-dealkylation sites (tertiary alicyclic amines) is 1. The van der Waals surface area contributed by atoms with Crippen molar-refractivity contribution in [2.45, 2.75) is 32.7 Å². The number of carbonyl (C=O) groups is 2. The van der Waals surface area contributed by atoms with Crippen LogP contribution in [-0.2, 0) is 21.9 Å². The molecule has 0 N–H and O–H groups in total. The quantitative estimate of drug-likeness (QED) is 0.117.